The van der Waals surface area contributed by atoms with Crippen LogP contribution in [0, 0.1) is 11.8 Å². The van der Waals surface area contributed by atoms with E-state index in [-0.39, 0.29) is 5.12 Å². The summed E-state index contributed by atoms with van der Waals surface area (Å²) < 4.78 is 0.962. The number of carbonyl (C=O) groups excluding carboxylic acids is 1. The zero-order valence-corrected chi connectivity index (χ0v) is 11.3. The summed E-state index contributed by atoms with van der Waals surface area (Å²) in [5.41, 5.74) is 7.27. The number of rotatable bonds is 2. The maximum absolute atomic E-state index is 10.7. The predicted octanol–water partition coefficient (Wildman–Crippen LogP) is 3.05. The van der Waals surface area contributed by atoms with Crippen molar-refractivity contribution >= 4 is 38.5 Å². The number of nitrogen functional groups attached to an aromatic ring is 1. The Morgan fingerprint density at radius 2 is 2.31 bits per heavy atom. The van der Waals surface area contributed by atoms with Gasteiger partial charge in [-0.1, -0.05) is 39.5 Å². The van der Waals surface area contributed by atoms with Crippen LogP contribution in [0.2, 0.25) is 0 Å². The topological polar surface area (TPSA) is 43.1 Å². The predicted molar refractivity (Wildman–Crippen MR) is 73.2 cm³/mol. The highest BCUT2D eigenvalue weighted by molar-refractivity contribution is 9.10. The molecule has 2 nitrogen and oxygen atoms in total. The molecule has 0 heterocycles. The molecule has 2 N–H and O–H groups in total. The van der Waals surface area contributed by atoms with Crippen molar-refractivity contribution in [1.82, 2.24) is 0 Å². The second-order valence-corrected chi connectivity index (χ2v) is 5.31. The van der Waals surface area contributed by atoms with E-state index >= 15 is 0 Å². The molecule has 0 aliphatic heterocycles. The van der Waals surface area contributed by atoms with E-state index in [4.69, 9.17) is 5.73 Å². The van der Waals surface area contributed by atoms with Crippen LogP contribution in [0.25, 0.3) is 0 Å². The molecule has 0 bridgehead atoms. The molecule has 4 heteroatoms. The van der Waals surface area contributed by atoms with Crippen molar-refractivity contribution in [2.45, 2.75) is 13.3 Å². The lowest BCUT2D eigenvalue weighted by molar-refractivity contribution is -0.109. The summed E-state index contributed by atoms with van der Waals surface area (Å²) in [6.45, 7) is 1.56. The first-order valence-corrected chi connectivity index (χ1v) is 6.54. The van der Waals surface area contributed by atoms with Gasteiger partial charge in [0.1, 0.15) is 0 Å². The van der Waals surface area contributed by atoms with Gasteiger partial charge in [-0.15, -0.1) is 0 Å². The molecule has 0 radical (unpaired) electrons. The lowest BCUT2D eigenvalue weighted by Crippen LogP contribution is -1.89. The summed E-state index contributed by atoms with van der Waals surface area (Å²) in [5.74, 6) is 6.73. The lowest BCUT2D eigenvalue weighted by atomic mass is 10.2. The second kappa shape index (κ2) is 6.62. The molecule has 16 heavy (non-hydrogen) atoms. The summed E-state index contributed by atoms with van der Waals surface area (Å²) in [5, 5.41) is 0.128. The van der Waals surface area contributed by atoms with E-state index in [9.17, 15) is 4.79 Å². The summed E-state index contributed by atoms with van der Waals surface area (Å²) in [4.78, 5) is 10.7. The van der Waals surface area contributed by atoms with Crippen molar-refractivity contribution in [2.75, 3.05) is 11.5 Å². The highest BCUT2D eigenvalue weighted by atomic mass is 79.9. The molecule has 0 atom stereocenters. The molecule has 0 saturated carbocycles. The molecule has 0 fully saturated rings. The molecule has 0 spiro atoms. The number of hydrogen-bond donors (Lipinski definition) is 1. The molecule has 0 aliphatic rings. The Bertz CT molecular complexity index is 448. The van der Waals surface area contributed by atoms with Gasteiger partial charge < -0.3 is 5.73 Å². The van der Waals surface area contributed by atoms with Crippen LogP contribution in [-0.2, 0) is 4.79 Å². The minimum atomic E-state index is 0.128. The number of halogens is 1. The number of carbonyl (C=O) groups is 1. The average Bonchev–Trinajstić information content (AvgIpc) is 2.22. The first-order valence-electron chi connectivity index (χ1n) is 4.77. The standard InChI is InChI=1S/C12H12BrNOS/c1-9(15)16-7-3-2-4-10-8-11(13)5-6-12(10)14/h5-6,8H,3,7,14H2,1H3. The molecule has 0 unspecified atom stereocenters. The first-order chi connectivity index (χ1) is 7.59. The summed E-state index contributed by atoms with van der Waals surface area (Å²) in [7, 11) is 0. The van der Waals surface area contributed by atoms with E-state index in [1.54, 1.807) is 6.92 Å². The summed E-state index contributed by atoms with van der Waals surface area (Å²) in [6.07, 6.45) is 0.691. The van der Waals surface area contributed by atoms with E-state index in [0.717, 1.165) is 15.8 Å². The van der Waals surface area contributed by atoms with Gasteiger partial charge in [0.05, 0.1) is 0 Å². The summed E-state index contributed by atoms with van der Waals surface area (Å²) >= 11 is 4.66. The molecular weight excluding hydrogens is 286 g/mol. The van der Waals surface area contributed by atoms with Gasteiger partial charge in [-0.25, -0.2) is 0 Å². The highest BCUT2D eigenvalue weighted by Crippen LogP contribution is 2.17. The zero-order valence-electron chi connectivity index (χ0n) is 8.92. The molecule has 0 aliphatic carbocycles. The Morgan fingerprint density at radius 1 is 1.56 bits per heavy atom. The molecular formula is C12H12BrNOS. The van der Waals surface area contributed by atoms with Gasteiger partial charge in [0.25, 0.3) is 0 Å². The third-order valence-electron chi connectivity index (χ3n) is 1.77. The Kier molecular flexibility index (Phi) is 5.44. The average molecular weight is 298 g/mol. The van der Waals surface area contributed by atoms with Gasteiger partial charge in [-0.05, 0) is 18.2 Å². The Balaban J connectivity index is 2.56. The van der Waals surface area contributed by atoms with E-state index < -0.39 is 0 Å². The van der Waals surface area contributed by atoms with Gasteiger partial charge in [0.15, 0.2) is 5.12 Å². The van der Waals surface area contributed by atoms with Gasteiger partial charge in [0.2, 0.25) is 0 Å². The van der Waals surface area contributed by atoms with Gasteiger partial charge in [0, 0.05) is 34.8 Å². The van der Waals surface area contributed by atoms with Crippen molar-refractivity contribution in [3.05, 3.63) is 28.2 Å². The second-order valence-electron chi connectivity index (χ2n) is 3.12. The normalized spacial score (nSPS) is 9.38. The van der Waals surface area contributed by atoms with Crippen LogP contribution in [0.15, 0.2) is 22.7 Å². The largest absolute Gasteiger partial charge is 0.398 e. The molecule has 1 aromatic rings. The van der Waals surface area contributed by atoms with Crippen LogP contribution in [0.4, 0.5) is 5.69 Å². The Morgan fingerprint density at radius 3 is 3.00 bits per heavy atom. The maximum atomic E-state index is 10.7. The SMILES string of the molecule is CC(=O)SCCC#Cc1cc(Br)ccc1N. The highest BCUT2D eigenvalue weighted by Gasteiger charge is 1.95. The number of hydrogen-bond acceptors (Lipinski definition) is 3. The smallest absolute Gasteiger partial charge is 0.185 e. The molecule has 1 rings (SSSR count). The van der Waals surface area contributed by atoms with Crippen molar-refractivity contribution in [1.29, 1.82) is 0 Å². The Hall–Kier alpha value is -0.920. The van der Waals surface area contributed by atoms with Crippen LogP contribution in [0.5, 0.6) is 0 Å². The molecule has 0 saturated heterocycles. The quantitative estimate of drug-likeness (QED) is 0.518. The van der Waals surface area contributed by atoms with Crippen molar-refractivity contribution in [3.63, 3.8) is 0 Å². The van der Waals surface area contributed by atoms with Gasteiger partial charge in [-0.2, -0.15) is 0 Å². The fraction of sp³-hybridized carbons (Fsp3) is 0.250. The number of anilines is 1. The van der Waals surface area contributed by atoms with Crippen LogP contribution in [0.1, 0.15) is 18.9 Å². The van der Waals surface area contributed by atoms with Crippen LogP contribution < -0.4 is 5.73 Å². The molecule has 1 aromatic carbocycles. The monoisotopic (exact) mass is 297 g/mol. The maximum Gasteiger partial charge on any atom is 0.185 e. The number of nitrogens with two attached hydrogens (primary N) is 1. The third-order valence-corrected chi connectivity index (χ3v) is 3.08. The van der Waals surface area contributed by atoms with Crippen molar-refractivity contribution in [3.8, 4) is 11.8 Å². The minimum absolute atomic E-state index is 0.128. The van der Waals surface area contributed by atoms with Gasteiger partial charge >= 0.3 is 0 Å². The number of benzene rings is 1. The Labute approximate surface area is 108 Å². The third kappa shape index (κ3) is 4.73. The van der Waals surface area contributed by atoms with Crippen LogP contribution in [0.3, 0.4) is 0 Å². The van der Waals surface area contributed by atoms with E-state index in [2.05, 4.69) is 27.8 Å². The minimum Gasteiger partial charge on any atom is -0.398 e. The molecule has 84 valence electrons. The molecule has 0 aromatic heterocycles. The van der Waals surface area contributed by atoms with Crippen molar-refractivity contribution < 1.29 is 4.79 Å². The zero-order chi connectivity index (χ0) is 12.0. The lowest BCUT2D eigenvalue weighted by Gasteiger charge is -1.97. The fourth-order valence-electron chi connectivity index (χ4n) is 1.04. The number of thioether (sulfide) groups is 1. The van der Waals surface area contributed by atoms with Crippen LogP contribution in [-0.4, -0.2) is 10.9 Å². The van der Waals surface area contributed by atoms with E-state index in [1.165, 1.54) is 11.8 Å². The summed E-state index contributed by atoms with van der Waals surface area (Å²) in [6, 6.07) is 5.59. The van der Waals surface area contributed by atoms with E-state index in [0.29, 0.717) is 12.1 Å². The van der Waals surface area contributed by atoms with Crippen LogP contribution >= 0.6 is 27.7 Å². The van der Waals surface area contributed by atoms with Gasteiger partial charge in [-0.3, -0.25) is 4.79 Å². The molecule has 0 amide bonds. The first kappa shape index (κ1) is 13.1. The van der Waals surface area contributed by atoms with Crippen molar-refractivity contribution in [2.24, 2.45) is 0 Å². The fourth-order valence-corrected chi connectivity index (χ4v) is 1.89. The van der Waals surface area contributed by atoms with E-state index in [1.807, 2.05) is 18.2 Å².